The molecule has 0 aromatic heterocycles. The molecule has 96 heavy (non-hydrogen) atoms. The van der Waals surface area contributed by atoms with Gasteiger partial charge in [0.05, 0.1) is 22.3 Å². The van der Waals surface area contributed by atoms with E-state index in [9.17, 15) is 61.3 Å². The van der Waals surface area contributed by atoms with Crippen molar-refractivity contribution in [2.75, 3.05) is 115 Å². The van der Waals surface area contributed by atoms with E-state index in [2.05, 4.69) is 133 Å². The van der Waals surface area contributed by atoms with Gasteiger partial charge in [0.2, 0.25) is 20.5 Å². The Labute approximate surface area is 587 Å². The molecule has 506 valence electrons. The predicted molar refractivity (Wildman–Crippen MR) is 379 cm³/mol. The van der Waals surface area contributed by atoms with Crippen molar-refractivity contribution in [2.24, 2.45) is 21.7 Å². The summed E-state index contributed by atoms with van der Waals surface area (Å²) in [5.41, 5.74) is 5.67. The molecular weight excluding hydrogens is 1280 g/mol. The molecule has 0 spiro atoms. The van der Waals surface area contributed by atoms with E-state index in [1.54, 1.807) is 0 Å². The van der Waals surface area contributed by atoms with Crippen LogP contribution in [-0.4, -0.2) is 164 Å². The third kappa shape index (κ3) is 18.6. The molecular formula is C74H92N14O4S4. The smallest absolute Gasteiger partial charge is 0.230 e. The van der Waals surface area contributed by atoms with E-state index in [1.807, 2.05) is 0 Å². The maximum atomic E-state index is 14.4. The molecule has 0 aromatic rings. The Bertz CT molecular complexity index is 3230. The van der Waals surface area contributed by atoms with Crippen LogP contribution in [0.5, 0.6) is 0 Å². The largest absolute Gasteiger partial charge is 0.374 e. The Morgan fingerprint density at radius 1 is 0.323 bits per heavy atom. The van der Waals surface area contributed by atoms with Crippen LogP contribution in [0.2, 0.25) is 0 Å². The number of allylic oxidation sites excluding steroid dienone is 12. The zero-order chi connectivity index (χ0) is 69.5. The van der Waals surface area contributed by atoms with Crippen LogP contribution in [0.1, 0.15) is 158 Å². The second kappa shape index (κ2) is 33.5. The van der Waals surface area contributed by atoms with Crippen LogP contribution >= 0.6 is 47.0 Å². The van der Waals surface area contributed by atoms with Crippen molar-refractivity contribution < 1.29 is 19.2 Å². The Balaban J connectivity index is 1.07. The normalized spacial score (nSPS) is 22.8. The topological polar surface area (TPSA) is 278 Å². The van der Waals surface area contributed by atoms with Gasteiger partial charge in [0.25, 0.3) is 0 Å². The lowest BCUT2D eigenvalue weighted by Gasteiger charge is -2.37. The van der Waals surface area contributed by atoms with E-state index >= 15 is 0 Å². The predicted octanol–water partition coefficient (Wildman–Crippen LogP) is 12.7. The second-order valence-electron chi connectivity index (χ2n) is 29.7. The van der Waals surface area contributed by atoms with Gasteiger partial charge in [-0.3, -0.25) is 19.2 Å². The minimum absolute atomic E-state index is 0.0377. The van der Waals surface area contributed by atoms with Gasteiger partial charge < -0.3 is 29.4 Å². The van der Waals surface area contributed by atoms with Crippen LogP contribution in [-0.2, 0) is 19.2 Å². The Morgan fingerprint density at radius 3 is 0.677 bits per heavy atom. The molecule has 8 aliphatic rings. The summed E-state index contributed by atoms with van der Waals surface area (Å²) in [6.07, 6.45) is 12.2. The van der Waals surface area contributed by atoms with Crippen molar-refractivity contribution in [3.8, 4) is 48.6 Å². The average Bonchev–Trinajstić information content (AvgIpc) is 1.32. The molecule has 0 aromatic carbocycles. The van der Waals surface area contributed by atoms with Gasteiger partial charge in [-0.1, -0.05) is 102 Å². The third-order valence-electron chi connectivity index (χ3n) is 19.7. The molecule has 18 nitrogen and oxygen atoms in total. The number of hydrogen-bond acceptors (Lipinski definition) is 22. The number of rotatable bonds is 23. The monoisotopic (exact) mass is 1370 g/mol. The second-order valence-corrected chi connectivity index (χ2v) is 33.9. The standard InChI is InChI=1S/C74H92N14O4S4/c1-71(2)35-51(55(43-75)63(39-71)85-17-9-10-18-85)59(47-79)67(89)93-31-27-83(28-32-94-68(90)60(48-80)52-36-72(3,4)40-64(56(52)44-76)86-19-11-12-20-86)25-26-84(29-33-95-69(91)61(49-81)53-37-73(5,6)41-65(57(53)45-77)87-21-13-14-22-87)30-34-96-70(92)62(50-82)54-38-74(7,8)42-66(58(54)46-78)88-23-15-16-24-88/h9-42H2,1-8H3/b59-51-,60-52+,61-53+,62-54+. The summed E-state index contributed by atoms with van der Waals surface area (Å²) < 4.78 is 0. The lowest BCUT2D eigenvalue weighted by atomic mass is 9.72. The summed E-state index contributed by atoms with van der Waals surface area (Å²) in [4.78, 5) is 70.7. The highest BCUT2D eigenvalue weighted by Gasteiger charge is 2.41. The first kappa shape index (κ1) is 74.8. The van der Waals surface area contributed by atoms with E-state index in [0.29, 0.717) is 135 Å². The number of carbonyl (C=O) groups is 4. The third-order valence-corrected chi connectivity index (χ3v) is 23.1. The van der Waals surface area contributed by atoms with Gasteiger partial charge in [0.1, 0.15) is 70.8 Å². The van der Waals surface area contributed by atoms with Gasteiger partial charge in [-0.2, -0.15) is 42.1 Å². The highest BCUT2D eigenvalue weighted by atomic mass is 32.2. The number of hydrogen-bond donors (Lipinski definition) is 0. The summed E-state index contributed by atoms with van der Waals surface area (Å²) in [7, 11) is 0. The first-order valence-corrected chi connectivity index (χ1v) is 38.0. The zero-order valence-corrected chi connectivity index (χ0v) is 60.8. The summed E-state index contributed by atoms with van der Waals surface area (Å²) in [6.45, 7) is 25.2. The maximum absolute atomic E-state index is 14.4. The molecule has 22 heteroatoms. The summed E-state index contributed by atoms with van der Waals surface area (Å²) in [6, 6.07) is 18.3. The molecule has 4 heterocycles. The van der Waals surface area contributed by atoms with Crippen LogP contribution in [0.15, 0.2) is 89.7 Å². The van der Waals surface area contributed by atoms with E-state index in [0.717, 1.165) is 174 Å². The average molecular weight is 1370 g/mol. The molecule has 0 radical (unpaired) electrons. The minimum atomic E-state index is -0.440. The fraction of sp³-hybridized carbons (Fsp3) is 0.622. The lowest BCUT2D eigenvalue weighted by Crippen LogP contribution is -2.39. The molecule has 0 N–H and O–H groups in total. The van der Waals surface area contributed by atoms with Crippen molar-refractivity contribution in [1.29, 1.82) is 42.1 Å². The highest BCUT2D eigenvalue weighted by molar-refractivity contribution is 8.15. The van der Waals surface area contributed by atoms with Gasteiger partial charge in [-0.25, -0.2) is 0 Å². The molecule has 4 aliphatic heterocycles. The Morgan fingerprint density at radius 2 is 0.510 bits per heavy atom. The van der Waals surface area contributed by atoms with Crippen LogP contribution < -0.4 is 0 Å². The molecule has 0 saturated carbocycles. The van der Waals surface area contributed by atoms with Crippen LogP contribution in [0, 0.1) is 112 Å². The van der Waals surface area contributed by atoms with Crippen LogP contribution in [0.25, 0.3) is 0 Å². The number of thioether (sulfide) groups is 4. The first-order valence-electron chi connectivity index (χ1n) is 34.1. The van der Waals surface area contributed by atoms with Gasteiger partial charge in [-0.05, 0) is 147 Å². The van der Waals surface area contributed by atoms with Gasteiger partial charge in [0.15, 0.2) is 0 Å². The van der Waals surface area contributed by atoms with E-state index < -0.39 is 20.5 Å². The number of likely N-dealkylation sites (tertiary alicyclic amines) is 4. The van der Waals surface area contributed by atoms with Crippen molar-refractivity contribution in [1.82, 2.24) is 29.4 Å². The number of nitrogens with zero attached hydrogens (tertiary/aromatic N) is 14. The van der Waals surface area contributed by atoms with E-state index in [4.69, 9.17) is 0 Å². The molecule has 4 saturated heterocycles. The summed E-state index contributed by atoms with van der Waals surface area (Å²) in [5, 5.41) is 83.6. The molecule has 0 atom stereocenters. The Kier molecular flexibility index (Phi) is 26.1. The fourth-order valence-electron chi connectivity index (χ4n) is 15.0. The molecule has 0 bridgehead atoms. The van der Waals surface area contributed by atoms with E-state index in [-0.39, 0.29) is 67.0 Å². The Hall–Kier alpha value is -6.96. The van der Waals surface area contributed by atoms with Gasteiger partial charge in [0, 0.05) is 137 Å². The van der Waals surface area contributed by atoms with Crippen molar-refractivity contribution in [3.63, 3.8) is 0 Å². The SMILES string of the molecule is CC1(C)CC(N2CCCC2)=C(C#N)/C(=C(/C#N)C(=O)SCCN(CCSC(=O)/C(C#N)=C2\CC(C)(C)CC(N3CCCC3)=C2C#N)CCN(CCSC(=O)/C(C#N)=C2\CC(C)(C)CC(N3CCCC3)=C2C#N)CCSC(=O)/C(C#N)=C2\CC(C)(C)CC(N3CCCC3)=C2C#N)C1. The van der Waals surface area contributed by atoms with Crippen molar-refractivity contribution >= 4 is 67.5 Å². The van der Waals surface area contributed by atoms with Crippen molar-refractivity contribution in [3.05, 3.63) is 89.7 Å². The first-order chi connectivity index (χ1) is 45.8. The van der Waals surface area contributed by atoms with E-state index in [1.165, 1.54) is 0 Å². The number of nitriles is 8. The molecule has 4 aliphatic carbocycles. The molecule has 8 rings (SSSR count). The fourth-order valence-corrected chi connectivity index (χ4v) is 18.4. The van der Waals surface area contributed by atoms with Gasteiger partial charge in [-0.15, -0.1) is 0 Å². The highest BCUT2D eigenvalue weighted by Crippen LogP contribution is 2.49. The molecule has 0 amide bonds. The van der Waals surface area contributed by atoms with Crippen LogP contribution in [0.4, 0.5) is 0 Å². The maximum Gasteiger partial charge on any atom is 0.230 e. The lowest BCUT2D eigenvalue weighted by molar-refractivity contribution is -0.108. The molecule has 0 unspecified atom stereocenters. The molecule has 4 fully saturated rings. The number of carbonyl (C=O) groups excluding carboxylic acids is 4. The quantitative estimate of drug-likeness (QED) is 0.0679. The minimum Gasteiger partial charge on any atom is -0.374 e. The summed E-state index contributed by atoms with van der Waals surface area (Å²) in [5.74, 6) is 0.940. The van der Waals surface area contributed by atoms with Gasteiger partial charge >= 0.3 is 0 Å². The van der Waals surface area contributed by atoms with Crippen molar-refractivity contribution in [2.45, 2.75) is 158 Å². The zero-order valence-electron chi connectivity index (χ0n) is 57.6. The van der Waals surface area contributed by atoms with Crippen LogP contribution in [0.3, 0.4) is 0 Å². The summed E-state index contributed by atoms with van der Waals surface area (Å²) >= 11 is 3.99.